The van der Waals surface area contributed by atoms with E-state index in [1.54, 1.807) is 35.7 Å². The number of aliphatic hydroxyl groups is 1. The molecule has 0 spiro atoms. The lowest BCUT2D eigenvalue weighted by molar-refractivity contribution is 0.0769. The molecule has 0 aliphatic heterocycles. The molecular weight excluding hydrogens is 244 g/mol. The van der Waals surface area contributed by atoms with Crippen molar-refractivity contribution in [3.05, 3.63) is 23.8 Å². The molecule has 1 aromatic carbocycles. The maximum atomic E-state index is 12.2. The third-order valence-electron chi connectivity index (χ3n) is 3.09. The highest BCUT2D eigenvalue weighted by atomic mass is 16.3. The van der Waals surface area contributed by atoms with Crippen LogP contribution >= 0.6 is 0 Å². The zero-order valence-corrected chi connectivity index (χ0v) is 11.4. The Bertz CT molecular complexity index is 591. The van der Waals surface area contributed by atoms with Gasteiger partial charge in [0, 0.05) is 26.2 Å². The van der Waals surface area contributed by atoms with Crippen LogP contribution in [0.5, 0.6) is 0 Å². The van der Waals surface area contributed by atoms with E-state index in [4.69, 9.17) is 0 Å². The summed E-state index contributed by atoms with van der Waals surface area (Å²) in [6, 6.07) is 5.35. The van der Waals surface area contributed by atoms with Crippen LogP contribution in [0.25, 0.3) is 11.0 Å². The van der Waals surface area contributed by atoms with Gasteiger partial charge in [0.15, 0.2) is 0 Å². The molecule has 0 bridgehead atoms. The molecule has 1 aromatic heterocycles. The molecule has 102 valence electrons. The first kappa shape index (κ1) is 13.5. The number of hydrogen-bond donors (Lipinski definition) is 1. The van der Waals surface area contributed by atoms with Crippen LogP contribution in [0.4, 0.5) is 0 Å². The highest BCUT2D eigenvalue weighted by Gasteiger charge is 2.14. The molecule has 6 nitrogen and oxygen atoms in total. The molecule has 0 saturated carbocycles. The van der Waals surface area contributed by atoms with E-state index in [1.165, 1.54) is 0 Å². The maximum Gasteiger partial charge on any atom is 0.253 e. The van der Waals surface area contributed by atoms with E-state index in [2.05, 4.69) is 10.3 Å². The zero-order valence-electron chi connectivity index (χ0n) is 11.4. The van der Waals surface area contributed by atoms with Crippen LogP contribution in [0.1, 0.15) is 23.7 Å². The second-order valence-electron chi connectivity index (χ2n) is 4.78. The molecule has 0 fully saturated rings. The Labute approximate surface area is 111 Å². The smallest absolute Gasteiger partial charge is 0.253 e. The predicted molar refractivity (Wildman–Crippen MR) is 71.8 cm³/mol. The number of carbonyl (C=O) groups is 1. The van der Waals surface area contributed by atoms with Gasteiger partial charge in [-0.1, -0.05) is 5.21 Å². The van der Waals surface area contributed by atoms with Crippen molar-refractivity contribution in [3.8, 4) is 0 Å². The quantitative estimate of drug-likeness (QED) is 0.885. The number of hydrogen-bond acceptors (Lipinski definition) is 4. The Morgan fingerprint density at radius 1 is 1.53 bits per heavy atom. The summed E-state index contributed by atoms with van der Waals surface area (Å²) in [6.45, 7) is 2.24. The summed E-state index contributed by atoms with van der Waals surface area (Å²) in [4.78, 5) is 13.8. The molecule has 0 saturated heterocycles. The van der Waals surface area contributed by atoms with Crippen molar-refractivity contribution < 1.29 is 9.90 Å². The summed E-state index contributed by atoms with van der Waals surface area (Å²) >= 11 is 0. The van der Waals surface area contributed by atoms with E-state index in [1.807, 2.05) is 13.1 Å². The number of amides is 1. The van der Waals surface area contributed by atoms with Gasteiger partial charge < -0.3 is 10.0 Å². The molecular formula is C13H18N4O2. The average molecular weight is 262 g/mol. The Morgan fingerprint density at radius 3 is 2.95 bits per heavy atom. The first-order valence-electron chi connectivity index (χ1n) is 6.22. The largest absolute Gasteiger partial charge is 0.393 e. The predicted octanol–water partition coefficient (Wildman–Crippen LogP) is 0.811. The normalized spacial score (nSPS) is 12.6. The number of aliphatic hydroxyl groups excluding tert-OH is 1. The fraction of sp³-hybridized carbons (Fsp3) is 0.462. The van der Waals surface area contributed by atoms with Crippen molar-refractivity contribution in [2.75, 3.05) is 13.6 Å². The van der Waals surface area contributed by atoms with Crippen molar-refractivity contribution in [2.45, 2.75) is 19.4 Å². The SMILES string of the molecule is CC(O)CCN(C)C(=O)c1ccc2c(c1)nnn2C. The van der Waals surface area contributed by atoms with Crippen molar-refractivity contribution >= 4 is 16.9 Å². The van der Waals surface area contributed by atoms with E-state index in [9.17, 15) is 9.90 Å². The van der Waals surface area contributed by atoms with Gasteiger partial charge in [0.25, 0.3) is 5.91 Å². The van der Waals surface area contributed by atoms with Crippen molar-refractivity contribution in [3.63, 3.8) is 0 Å². The summed E-state index contributed by atoms with van der Waals surface area (Å²) in [5.41, 5.74) is 2.18. The number of fused-ring (bicyclic) bond motifs is 1. The van der Waals surface area contributed by atoms with Crippen LogP contribution in [0.3, 0.4) is 0 Å². The molecule has 2 rings (SSSR count). The van der Waals surface area contributed by atoms with Crippen molar-refractivity contribution in [1.82, 2.24) is 19.9 Å². The van der Waals surface area contributed by atoms with Crippen LogP contribution in [0, 0.1) is 0 Å². The van der Waals surface area contributed by atoms with Gasteiger partial charge in [0.05, 0.1) is 11.6 Å². The van der Waals surface area contributed by atoms with Crippen LogP contribution in [0.15, 0.2) is 18.2 Å². The molecule has 0 radical (unpaired) electrons. The van der Waals surface area contributed by atoms with Gasteiger partial charge >= 0.3 is 0 Å². The third-order valence-corrected chi connectivity index (χ3v) is 3.09. The van der Waals surface area contributed by atoms with E-state index in [0.717, 1.165) is 5.52 Å². The first-order chi connectivity index (χ1) is 8.99. The van der Waals surface area contributed by atoms with Gasteiger partial charge in [0.2, 0.25) is 0 Å². The highest BCUT2D eigenvalue weighted by molar-refractivity contribution is 5.97. The van der Waals surface area contributed by atoms with E-state index in [-0.39, 0.29) is 5.91 Å². The monoisotopic (exact) mass is 262 g/mol. The molecule has 0 aliphatic carbocycles. The van der Waals surface area contributed by atoms with Gasteiger partial charge in [-0.3, -0.25) is 4.79 Å². The minimum absolute atomic E-state index is 0.0757. The molecule has 6 heteroatoms. The van der Waals surface area contributed by atoms with E-state index >= 15 is 0 Å². The van der Waals surface area contributed by atoms with Gasteiger partial charge in [-0.25, -0.2) is 4.68 Å². The average Bonchev–Trinajstić information content (AvgIpc) is 2.76. The lowest BCUT2D eigenvalue weighted by Crippen LogP contribution is -2.29. The summed E-state index contributed by atoms with van der Waals surface area (Å²) in [6.07, 6.45) is 0.160. The first-order valence-corrected chi connectivity index (χ1v) is 6.22. The number of nitrogens with zero attached hydrogens (tertiary/aromatic N) is 4. The van der Waals surface area contributed by atoms with Crippen LogP contribution in [-0.2, 0) is 7.05 Å². The Kier molecular flexibility index (Phi) is 3.80. The Hall–Kier alpha value is -1.95. The topological polar surface area (TPSA) is 71.2 Å². The zero-order chi connectivity index (χ0) is 14.0. The third kappa shape index (κ3) is 2.90. The molecule has 1 amide bonds. The minimum Gasteiger partial charge on any atom is -0.393 e. The summed E-state index contributed by atoms with van der Waals surface area (Å²) < 4.78 is 1.67. The second-order valence-corrected chi connectivity index (χ2v) is 4.78. The standard InChI is InChI=1S/C13H18N4O2/c1-9(18)6-7-16(2)13(19)10-4-5-12-11(8-10)14-15-17(12)3/h4-5,8-9,18H,6-7H2,1-3H3. The van der Waals surface area contributed by atoms with Gasteiger partial charge in [-0.2, -0.15) is 0 Å². The van der Waals surface area contributed by atoms with Crippen LogP contribution in [-0.4, -0.2) is 50.6 Å². The second kappa shape index (κ2) is 5.36. The molecule has 1 N–H and O–H groups in total. The van der Waals surface area contributed by atoms with Crippen molar-refractivity contribution in [1.29, 1.82) is 0 Å². The Morgan fingerprint density at radius 2 is 2.26 bits per heavy atom. The molecule has 1 atom stereocenters. The fourth-order valence-electron chi connectivity index (χ4n) is 1.88. The molecule has 2 aromatic rings. The Balaban J connectivity index is 2.16. The van der Waals surface area contributed by atoms with Crippen LogP contribution in [0.2, 0.25) is 0 Å². The van der Waals surface area contributed by atoms with Gasteiger partial charge in [-0.15, -0.1) is 5.10 Å². The van der Waals surface area contributed by atoms with E-state index in [0.29, 0.717) is 24.0 Å². The fourth-order valence-corrected chi connectivity index (χ4v) is 1.88. The van der Waals surface area contributed by atoms with Gasteiger partial charge in [0.1, 0.15) is 5.52 Å². The van der Waals surface area contributed by atoms with E-state index < -0.39 is 6.10 Å². The number of carbonyl (C=O) groups excluding carboxylic acids is 1. The number of aryl methyl sites for hydroxylation is 1. The molecule has 0 aliphatic rings. The van der Waals surface area contributed by atoms with Gasteiger partial charge in [-0.05, 0) is 31.5 Å². The number of rotatable bonds is 4. The lowest BCUT2D eigenvalue weighted by atomic mass is 10.1. The highest BCUT2D eigenvalue weighted by Crippen LogP contribution is 2.14. The number of aromatic nitrogens is 3. The molecule has 1 unspecified atom stereocenters. The van der Waals surface area contributed by atoms with Crippen LogP contribution < -0.4 is 0 Å². The molecule has 19 heavy (non-hydrogen) atoms. The summed E-state index contributed by atoms with van der Waals surface area (Å²) in [5.74, 6) is -0.0757. The van der Waals surface area contributed by atoms with Crippen molar-refractivity contribution in [2.24, 2.45) is 7.05 Å². The number of benzene rings is 1. The maximum absolute atomic E-state index is 12.2. The molecule has 1 heterocycles. The lowest BCUT2D eigenvalue weighted by Gasteiger charge is -2.18. The minimum atomic E-state index is -0.405. The summed E-state index contributed by atoms with van der Waals surface area (Å²) in [5, 5.41) is 17.1. The summed E-state index contributed by atoms with van der Waals surface area (Å²) in [7, 11) is 3.54.